The van der Waals surface area contributed by atoms with Gasteiger partial charge in [0.15, 0.2) is 5.78 Å². The second kappa shape index (κ2) is 10.4. The van der Waals surface area contributed by atoms with Gasteiger partial charge in [-0.3, -0.25) is 14.7 Å². The first-order chi connectivity index (χ1) is 17.4. The minimum atomic E-state index is -0.0715. The summed E-state index contributed by atoms with van der Waals surface area (Å²) in [4.78, 5) is 32.1. The van der Waals surface area contributed by atoms with Crippen LogP contribution >= 0.6 is 11.6 Å². The molecule has 3 aromatic rings. The summed E-state index contributed by atoms with van der Waals surface area (Å²) in [5.41, 5.74) is 4.33. The Kier molecular flexibility index (Phi) is 7.65. The molecule has 0 spiro atoms. The standard InChI is InChI=1S/C29H38ClN5O2/c1-8-18-15-35(27(37)9-2)16-19(18)12-25(36)28-17(3)31-26(34(28)7)11-10-23-20-13-21(29(4,5)6)22(30)14-24(20)33-32-23/h9,13-14,18-19H,2,8,10-12,15-16H2,1,3-7H3,(H,32,33)/t18-,19+/m1/s1. The third-order valence-corrected chi connectivity index (χ3v) is 8.10. The van der Waals surface area contributed by atoms with Gasteiger partial charge in [0.25, 0.3) is 0 Å². The Balaban J connectivity index is 1.50. The number of aromatic nitrogens is 4. The van der Waals surface area contributed by atoms with Gasteiger partial charge in [0.2, 0.25) is 5.91 Å². The highest BCUT2D eigenvalue weighted by Crippen LogP contribution is 2.34. The Labute approximate surface area is 224 Å². The molecule has 0 saturated carbocycles. The zero-order valence-corrected chi connectivity index (χ0v) is 23.6. The average molecular weight is 524 g/mol. The van der Waals surface area contributed by atoms with Gasteiger partial charge in [0, 0.05) is 49.1 Å². The van der Waals surface area contributed by atoms with Crippen molar-refractivity contribution in [3.05, 3.63) is 58.3 Å². The zero-order valence-electron chi connectivity index (χ0n) is 22.8. The number of imidazole rings is 1. The highest BCUT2D eigenvalue weighted by Gasteiger charge is 2.35. The van der Waals surface area contributed by atoms with E-state index in [9.17, 15) is 9.59 Å². The van der Waals surface area contributed by atoms with Crippen molar-refractivity contribution in [3.63, 3.8) is 0 Å². The molecule has 1 aromatic carbocycles. The summed E-state index contributed by atoms with van der Waals surface area (Å²) < 4.78 is 1.94. The number of benzene rings is 1. The predicted molar refractivity (Wildman–Crippen MR) is 148 cm³/mol. The molecule has 37 heavy (non-hydrogen) atoms. The number of fused-ring (bicyclic) bond motifs is 1. The van der Waals surface area contributed by atoms with Gasteiger partial charge in [-0.25, -0.2) is 4.98 Å². The maximum Gasteiger partial charge on any atom is 0.245 e. The molecule has 3 heterocycles. The minimum absolute atomic E-state index is 0.0596. The van der Waals surface area contributed by atoms with E-state index in [0.717, 1.165) is 51.5 Å². The van der Waals surface area contributed by atoms with Crippen LogP contribution < -0.4 is 0 Å². The summed E-state index contributed by atoms with van der Waals surface area (Å²) >= 11 is 6.53. The summed E-state index contributed by atoms with van der Waals surface area (Å²) in [5, 5.41) is 9.44. The highest BCUT2D eigenvalue weighted by molar-refractivity contribution is 6.32. The number of aromatic amines is 1. The van der Waals surface area contributed by atoms with Crippen molar-refractivity contribution in [1.82, 2.24) is 24.6 Å². The Hall–Kier alpha value is -2.93. The molecule has 1 amide bonds. The van der Waals surface area contributed by atoms with Gasteiger partial charge in [-0.05, 0) is 54.4 Å². The molecule has 1 aliphatic rings. The number of halogens is 1. The molecule has 1 aliphatic heterocycles. The number of nitrogens with zero attached hydrogens (tertiary/aromatic N) is 4. The minimum Gasteiger partial charge on any atom is -0.339 e. The maximum absolute atomic E-state index is 13.4. The lowest BCUT2D eigenvalue weighted by Gasteiger charge is -2.20. The van der Waals surface area contributed by atoms with Crippen LogP contribution in [0.1, 0.15) is 73.8 Å². The number of carbonyl (C=O) groups is 2. The van der Waals surface area contributed by atoms with Crippen molar-refractivity contribution in [2.75, 3.05) is 13.1 Å². The summed E-state index contributed by atoms with van der Waals surface area (Å²) in [6.45, 7) is 15.4. The molecule has 1 N–H and O–H groups in total. The molecule has 2 aromatic heterocycles. The number of carbonyl (C=O) groups excluding carboxylic acids is 2. The van der Waals surface area contributed by atoms with Gasteiger partial charge >= 0.3 is 0 Å². The average Bonchev–Trinajstić information content (AvgIpc) is 3.50. The van der Waals surface area contributed by atoms with E-state index in [4.69, 9.17) is 16.6 Å². The molecule has 198 valence electrons. The molecule has 0 bridgehead atoms. The summed E-state index contributed by atoms with van der Waals surface area (Å²) in [6.07, 6.45) is 4.11. The smallest absolute Gasteiger partial charge is 0.245 e. The molecule has 0 radical (unpaired) electrons. The number of H-pyrrole nitrogens is 1. The first-order valence-electron chi connectivity index (χ1n) is 13.1. The van der Waals surface area contributed by atoms with Crippen LogP contribution in [0, 0.1) is 18.8 Å². The van der Waals surface area contributed by atoms with Crippen LogP contribution in [-0.2, 0) is 30.1 Å². The predicted octanol–water partition coefficient (Wildman–Crippen LogP) is 5.58. The largest absolute Gasteiger partial charge is 0.339 e. The molecule has 1 saturated heterocycles. The molecule has 0 aliphatic carbocycles. The molecule has 1 fully saturated rings. The fourth-order valence-corrected chi connectivity index (χ4v) is 6.11. The van der Waals surface area contributed by atoms with Gasteiger partial charge in [-0.2, -0.15) is 5.10 Å². The molecule has 2 atom stereocenters. The number of likely N-dealkylation sites (tertiary alicyclic amines) is 1. The molecular formula is C29H38ClN5O2. The van der Waals surface area contributed by atoms with Gasteiger partial charge in [0.05, 0.1) is 11.2 Å². The molecule has 4 rings (SSSR count). The van der Waals surface area contributed by atoms with Crippen molar-refractivity contribution in [1.29, 1.82) is 0 Å². The van der Waals surface area contributed by atoms with Crippen molar-refractivity contribution in [3.8, 4) is 0 Å². The number of rotatable bonds is 8. The lowest BCUT2D eigenvalue weighted by molar-refractivity contribution is -0.125. The maximum atomic E-state index is 13.4. The SMILES string of the molecule is C=CC(=O)N1C[C@@H](CC)[C@@H](CC(=O)c2c(C)nc(CCc3[nH]nc4cc(Cl)c(C(C)(C)C)cc34)n2C)C1. The van der Waals surface area contributed by atoms with Crippen LogP contribution in [0.25, 0.3) is 10.9 Å². The Bertz CT molecular complexity index is 1350. The number of hydrogen-bond acceptors (Lipinski definition) is 4. The monoisotopic (exact) mass is 523 g/mol. The number of ketones is 1. The van der Waals surface area contributed by atoms with Crippen molar-refractivity contribution < 1.29 is 9.59 Å². The summed E-state index contributed by atoms with van der Waals surface area (Å²) in [6, 6.07) is 4.07. The van der Waals surface area contributed by atoms with E-state index in [0.29, 0.717) is 37.5 Å². The number of aryl methyl sites for hydroxylation is 3. The zero-order chi connectivity index (χ0) is 27.1. The topological polar surface area (TPSA) is 83.9 Å². The van der Waals surface area contributed by atoms with E-state index in [1.807, 2.05) is 29.5 Å². The molecular weight excluding hydrogens is 486 g/mol. The van der Waals surface area contributed by atoms with Gasteiger partial charge in [-0.15, -0.1) is 0 Å². The first kappa shape index (κ1) is 27.1. The molecule has 7 nitrogen and oxygen atoms in total. The van der Waals surface area contributed by atoms with Crippen molar-refractivity contribution in [2.24, 2.45) is 18.9 Å². The summed E-state index contributed by atoms with van der Waals surface area (Å²) in [5.74, 6) is 1.37. The fourth-order valence-electron chi connectivity index (χ4n) is 5.67. The third kappa shape index (κ3) is 5.37. The van der Waals surface area contributed by atoms with Crippen LogP contribution in [0.4, 0.5) is 0 Å². The normalized spacial score (nSPS) is 18.1. The quantitative estimate of drug-likeness (QED) is 0.308. The first-order valence-corrected chi connectivity index (χ1v) is 13.5. The second-order valence-electron chi connectivity index (χ2n) is 11.3. The van der Waals surface area contributed by atoms with Crippen LogP contribution in [0.2, 0.25) is 5.02 Å². The second-order valence-corrected chi connectivity index (χ2v) is 11.7. The third-order valence-electron chi connectivity index (χ3n) is 7.79. The van der Waals surface area contributed by atoms with Crippen LogP contribution in [0.5, 0.6) is 0 Å². The Morgan fingerprint density at radius 2 is 1.92 bits per heavy atom. The summed E-state index contributed by atoms with van der Waals surface area (Å²) in [7, 11) is 1.92. The van der Waals surface area contributed by atoms with Crippen LogP contribution in [0.3, 0.4) is 0 Å². The highest BCUT2D eigenvalue weighted by atomic mass is 35.5. The van der Waals surface area contributed by atoms with E-state index in [-0.39, 0.29) is 23.0 Å². The fraction of sp³-hybridized carbons (Fsp3) is 0.517. The van der Waals surface area contributed by atoms with Crippen molar-refractivity contribution in [2.45, 2.75) is 65.7 Å². The Morgan fingerprint density at radius 1 is 1.22 bits per heavy atom. The van der Waals surface area contributed by atoms with Gasteiger partial charge in [0.1, 0.15) is 11.5 Å². The van der Waals surface area contributed by atoms with E-state index in [1.165, 1.54) is 6.08 Å². The van der Waals surface area contributed by atoms with E-state index in [2.05, 4.69) is 50.5 Å². The van der Waals surface area contributed by atoms with Crippen molar-refractivity contribution >= 4 is 34.2 Å². The van der Waals surface area contributed by atoms with Crippen LogP contribution in [0.15, 0.2) is 24.8 Å². The lowest BCUT2D eigenvalue weighted by Crippen LogP contribution is -2.27. The number of hydrogen-bond donors (Lipinski definition) is 1. The Morgan fingerprint density at radius 3 is 2.57 bits per heavy atom. The number of Topliss-reactive ketones (excluding diaryl/α,β-unsaturated/α-hetero) is 1. The van der Waals surface area contributed by atoms with E-state index in [1.54, 1.807) is 0 Å². The van der Waals surface area contributed by atoms with Gasteiger partial charge < -0.3 is 9.47 Å². The molecule has 8 heteroatoms. The van der Waals surface area contributed by atoms with Crippen LogP contribution in [-0.4, -0.2) is 49.4 Å². The van der Waals surface area contributed by atoms with E-state index < -0.39 is 0 Å². The van der Waals surface area contributed by atoms with E-state index >= 15 is 0 Å². The molecule has 0 unspecified atom stereocenters. The number of amides is 1. The van der Waals surface area contributed by atoms with Gasteiger partial charge in [-0.1, -0.05) is 52.3 Å². The lowest BCUT2D eigenvalue weighted by atomic mass is 9.86. The number of nitrogens with one attached hydrogen (secondary N) is 1.